The number of imide groups is 1. The lowest BCUT2D eigenvalue weighted by Crippen LogP contribution is -2.33. The molecule has 0 aliphatic carbocycles. The number of halogens is 3. The van der Waals surface area contributed by atoms with Gasteiger partial charge in [-0.3, -0.25) is 4.79 Å². The van der Waals surface area contributed by atoms with Crippen LogP contribution in [0.2, 0.25) is 0 Å². The average molecular weight is 457 g/mol. The predicted molar refractivity (Wildman–Crippen MR) is 103 cm³/mol. The first kappa shape index (κ1) is 22.5. The van der Waals surface area contributed by atoms with Gasteiger partial charge in [-0.05, 0) is 49.7 Å². The molecule has 1 aliphatic rings. The number of benzene rings is 1. The Morgan fingerprint density at radius 1 is 1.13 bits per heavy atom. The molecular formula is C19H18F3N3O5S. The zero-order chi connectivity index (χ0) is 23.0. The first-order valence-corrected chi connectivity index (χ1v) is 10.6. The largest absolute Gasteiger partial charge is 0.501 e. The number of alkyl halides is 3. The Balaban J connectivity index is 1.85. The number of carbonyl (C=O) groups is 2. The molecule has 2 heterocycles. The lowest BCUT2D eigenvalue weighted by Gasteiger charge is -2.19. The highest BCUT2D eigenvalue weighted by Gasteiger charge is 2.47. The summed E-state index contributed by atoms with van der Waals surface area (Å²) >= 11 is 0. The van der Waals surface area contributed by atoms with E-state index >= 15 is 0 Å². The third kappa shape index (κ3) is 4.20. The van der Waals surface area contributed by atoms with Crippen LogP contribution >= 0.6 is 0 Å². The number of aromatic nitrogens is 1. The summed E-state index contributed by atoms with van der Waals surface area (Å²) in [7, 11) is -5.53. The summed E-state index contributed by atoms with van der Waals surface area (Å²) in [5.41, 5.74) is -4.82. The SMILES string of the molecule is CCOc1cc(CN2C(=O)N(c3ccc(S(=O)(=O)C(F)(F)F)cc3)C(=O)C2C)ccn1. The maximum atomic E-state index is 12.9. The molecule has 1 aliphatic heterocycles. The lowest BCUT2D eigenvalue weighted by atomic mass is 10.2. The Hall–Kier alpha value is -3.15. The van der Waals surface area contributed by atoms with E-state index in [2.05, 4.69) is 4.98 Å². The Kier molecular flexibility index (Phi) is 5.94. The molecule has 1 atom stereocenters. The highest BCUT2D eigenvalue weighted by molar-refractivity contribution is 7.92. The lowest BCUT2D eigenvalue weighted by molar-refractivity contribution is -0.119. The molecule has 0 spiro atoms. The van der Waals surface area contributed by atoms with Gasteiger partial charge in [-0.15, -0.1) is 0 Å². The molecule has 1 aromatic carbocycles. The first-order chi connectivity index (χ1) is 14.5. The normalized spacial score (nSPS) is 17.4. The quantitative estimate of drug-likeness (QED) is 0.619. The molecule has 1 fully saturated rings. The van der Waals surface area contributed by atoms with Gasteiger partial charge in [0.15, 0.2) is 0 Å². The highest BCUT2D eigenvalue weighted by Crippen LogP contribution is 2.32. The van der Waals surface area contributed by atoms with Crippen molar-refractivity contribution in [3.63, 3.8) is 0 Å². The van der Waals surface area contributed by atoms with E-state index in [9.17, 15) is 31.2 Å². The van der Waals surface area contributed by atoms with Gasteiger partial charge < -0.3 is 9.64 Å². The molecule has 0 bridgehead atoms. The predicted octanol–water partition coefficient (Wildman–Crippen LogP) is 3.13. The number of hydrogen-bond acceptors (Lipinski definition) is 6. The molecule has 2 aromatic rings. The van der Waals surface area contributed by atoms with Crippen molar-refractivity contribution in [1.82, 2.24) is 9.88 Å². The Morgan fingerprint density at radius 2 is 1.77 bits per heavy atom. The van der Waals surface area contributed by atoms with Gasteiger partial charge in [0.2, 0.25) is 5.88 Å². The van der Waals surface area contributed by atoms with Gasteiger partial charge in [-0.1, -0.05) is 0 Å². The van der Waals surface area contributed by atoms with Gasteiger partial charge in [0.1, 0.15) is 6.04 Å². The maximum absolute atomic E-state index is 12.9. The average Bonchev–Trinajstić information content (AvgIpc) is 2.91. The van der Waals surface area contributed by atoms with Crippen LogP contribution in [0, 0.1) is 0 Å². The number of pyridine rings is 1. The summed E-state index contributed by atoms with van der Waals surface area (Å²) in [6.45, 7) is 3.79. The summed E-state index contributed by atoms with van der Waals surface area (Å²) in [5.74, 6) is -0.223. The molecule has 1 aromatic heterocycles. The fraction of sp³-hybridized carbons (Fsp3) is 0.316. The smallest absolute Gasteiger partial charge is 0.478 e. The standard InChI is InChI=1S/C19H18F3N3O5S/c1-3-30-16-10-13(8-9-23-16)11-24-12(2)17(26)25(18(24)27)14-4-6-15(7-5-14)31(28,29)19(20,21)22/h4-10,12H,3,11H2,1-2H3. The fourth-order valence-electron chi connectivity index (χ4n) is 3.03. The van der Waals surface area contributed by atoms with Crippen molar-refractivity contribution in [2.45, 2.75) is 36.8 Å². The van der Waals surface area contributed by atoms with E-state index < -0.39 is 38.2 Å². The van der Waals surface area contributed by atoms with Crippen molar-refractivity contribution in [2.24, 2.45) is 0 Å². The van der Waals surface area contributed by atoms with Crippen LogP contribution in [-0.2, 0) is 21.2 Å². The monoisotopic (exact) mass is 457 g/mol. The number of carbonyl (C=O) groups excluding carboxylic acids is 2. The maximum Gasteiger partial charge on any atom is 0.501 e. The zero-order valence-corrected chi connectivity index (χ0v) is 17.3. The second-order valence-corrected chi connectivity index (χ2v) is 8.58. The highest BCUT2D eigenvalue weighted by atomic mass is 32.2. The van der Waals surface area contributed by atoms with Crippen LogP contribution in [0.1, 0.15) is 19.4 Å². The summed E-state index contributed by atoms with van der Waals surface area (Å²) in [6, 6.07) is 5.18. The van der Waals surface area contributed by atoms with E-state index in [1.807, 2.05) is 0 Å². The fourth-order valence-corrected chi connectivity index (χ4v) is 3.79. The third-order valence-corrected chi connectivity index (χ3v) is 6.14. The second kappa shape index (κ2) is 8.17. The van der Waals surface area contributed by atoms with E-state index in [0.29, 0.717) is 30.2 Å². The third-order valence-electron chi connectivity index (χ3n) is 4.64. The minimum absolute atomic E-state index is 0.0322. The number of nitrogens with zero attached hydrogens (tertiary/aromatic N) is 3. The number of urea groups is 1. The molecule has 1 unspecified atom stereocenters. The van der Waals surface area contributed by atoms with Crippen molar-refractivity contribution >= 4 is 27.5 Å². The van der Waals surface area contributed by atoms with Crippen LogP contribution in [0.5, 0.6) is 5.88 Å². The number of amides is 3. The summed E-state index contributed by atoms with van der Waals surface area (Å²) in [5, 5.41) is 0. The van der Waals surface area contributed by atoms with Crippen molar-refractivity contribution in [3.8, 4) is 5.88 Å². The van der Waals surface area contributed by atoms with Gasteiger partial charge in [0, 0.05) is 18.8 Å². The van der Waals surface area contributed by atoms with E-state index in [-0.39, 0.29) is 12.2 Å². The van der Waals surface area contributed by atoms with Crippen LogP contribution in [0.3, 0.4) is 0 Å². The Labute approximate surface area is 176 Å². The topological polar surface area (TPSA) is 96.9 Å². The van der Waals surface area contributed by atoms with Crippen molar-refractivity contribution in [1.29, 1.82) is 0 Å². The number of anilines is 1. The molecule has 3 amide bonds. The first-order valence-electron chi connectivity index (χ1n) is 9.11. The van der Waals surface area contributed by atoms with Crippen molar-refractivity contribution in [3.05, 3.63) is 48.2 Å². The van der Waals surface area contributed by atoms with Gasteiger partial charge in [0.05, 0.1) is 17.2 Å². The molecule has 1 saturated heterocycles. The molecular weight excluding hydrogens is 439 g/mol. The molecule has 0 N–H and O–H groups in total. The van der Waals surface area contributed by atoms with E-state index in [1.165, 1.54) is 18.0 Å². The van der Waals surface area contributed by atoms with Crippen molar-refractivity contribution in [2.75, 3.05) is 11.5 Å². The molecule has 31 heavy (non-hydrogen) atoms. The van der Waals surface area contributed by atoms with E-state index in [1.54, 1.807) is 19.1 Å². The van der Waals surface area contributed by atoms with E-state index in [0.717, 1.165) is 17.0 Å². The van der Waals surface area contributed by atoms with Crippen LogP contribution in [0.25, 0.3) is 0 Å². The van der Waals surface area contributed by atoms with Gasteiger partial charge in [-0.25, -0.2) is 23.1 Å². The summed E-state index contributed by atoms with van der Waals surface area (Å²) in [4.78, 5) is 30.7. The number of ether oxygens (including phenoxy) is 1. The molecule has 166 valence electrons. The van der Waals surface area contributed by atoms with Gasteiger partial charge >= 0.3 is 11.5 Å². The molecule has 3 rings (SSSR count). The number of rotatable bonds is 6. The number of sulfone groups is 1. The Bertz CT molecular complexity index is 1100. The van der Waals surface area contributed by atoms with Gasteiger partial charge in [-0.2, -0.15) is 13.2 Å². The van der Waals surface area contributed by atoms with Crippen LogP contribution in [0.4, 0.5) is 23.7 Å². The zero-order valence-electron chi connectivity index (χ0n) is 16.5. The van der Waals surface area contributed by atoms with Crippen molar-refractivity contribution < 1.29 is 35.9 Å². The minimum atomic E-state index is -5.53. The Morgan fingerprint density at radius 3 is 2.35 bits per heavy atom. The molecule has 0 saturated carbocycles. The molecule has 8 nitrogen and oxygen atoms in total. The van der Waals surface area contributed by atoms with Crippen LogP contribution < -0.4 is 9.64 Å². The van der Waals surface area contributed by atoms with Gasteiger partial charge in [0.25, 0.3) is 15.7 Å². The summed E-state index contributed by atoms with van der Waals surface area (Å²) < 4.78 is 66.4. The second-order valence-electron chi connectivity index (χ2n) is 6.64. The summed E-state index contributed by atoms with van der Waals surface area (Å²) in [6.07, 6.45) is 1.50. The molecule has 12 heteroatoms. The van der Waals surface area contributed by atoms with E-state index in [4.69, 9.17) is 4.74 Å². The van der Waals surface area contributed by atoms with Crippen LogP contribution in [-0.4, -0.2) is 48.4 Å². The minimum Gasteiger partial charge on any atom is -0.478 e. The molecule has 0 radical (unpaired) electrons. The number of hydrogen-bond donors (Lipinski definition) is 0. The van der Waals surface area contributed by atoms with Crippen LogP contribution in [0.15, 0.2) is 47.5 Å².